The summed E-state index contributed by atoms with van der Waals surface area (Å²) in [5.74, 6) is 1.74. The van der Waals surface area contributed by atoms with Crippen molar-refractivity contribution < 1.29 is 9.47 Å². The maximum atomic E-state index is 6.03. The van der Waals surface area contributed by atoms with E-state index in [2.05, 4.69) is 42.4 Å². The third-order valence-corrected chi connectivity index (χ3v) is 4.81. The number of hydrogen-bond donors (Lipinski definition) is 2. The molecular formula is C21H37IN4O2. The lowest BCUT2D eigenvalue weighted by Crippen LogP contribution is -2.41. The topological polar surface area (TPSA) is 58.1 Å². The van der Waals surface area contributed by atoms with Gasteiger partial charge in [0.15, 0.2) is 5.96 Å². The van der Waals surface area contributed by atoms with E-state index < -0.39 is 0 Å². The third-order valence-electron chi connectivity index (χ3n) is 4.81. The molecule has 1 heterocycles. The van der Waals surface area contributed by atoms with Crippen molar-refractivity contribution >= 4 is 29.9 Å². The Morgan fingerprint density at radius 2 is 2.00 bits per heavy atom. The summed E-state index contributed by atoms with van der Waals surface area (Å²) in [6, 6.07) is 8.16. The fourth-order valence-electron chi connectivity index (χ4n) is 3.12. The number of likely N-dealkylation sites (N-methyl/N-ethyl adjacent to an activating group) is 1. The fraction of sp³-hybridized carbons (Fsp3) is 0.667. The molecule has 7 heteroatoms. The molecule has 1 saturated heterocycles. The summed E-state index contributed by atoms with van der Waals surface area (Å²) in [6.45, 7) is 13.3. The highest BCUT2D eigenvalue weighted by Gasteiger charge is 2.15. The van der Waals surface area contributed by atoms with E-state index in [1.807, 2.05) is 18.2 Å². The minimum absolute atomic E-state index is 0. The van der Waals surface area contributed by atoms with Gasteiger partial charge in [-0.15, -0.1) is 24.0 Å². The number of guanidine groups is 1. The summed E-state index contributed by atoms with van der Waals surface area (Å²) in [7, 11) is 0. The largest absolute Gasteiger partial charge is 0.492 e. The molecule has 2 rings (SSSR count). The minimum atomic E-state index is 0. The van der Waals surface area contributed by atoms with Crippen LogP contribution in [0.15, 0.2) is 29.3 Å². The van der Waals surface area contributed by atoms with E-state index >= 15 is 0 Å². The molecule has 1 unspecified atom stereocenters. The summed E-state index contributed by atoms with van der Waals surface area (Å²) < 4.78 is 11.7. The molecule has 0 amide bonds. The van der Waals surface area contributed by atoms with Crippen LogP contribution in [-0.4, -0.2) is 62.9 Å². The number of hydrogen-bond acceptors (Lipinski definition) is 4. The second-order valence-electron chi connectivity index (χ2n) is 6.69. The quantitative estimate of drug-likeness (QED) is 0.275. The Hall–Kier alpha value is -1.06. The molecule has 1 fully saturated rings. The lowest BCUT2D eigenvalue weighted by molar-refractivity contribution is 0.114. The Morgan fingerprint density at radius 3 is 2.68 bits per heavy atom. The van der Waals surface area contributed by atoms with E-state index in [1.54, 1.807) is 0 Å². The van der Waals surface area contributed by atoms with Crippen molar-refractivity contribution in [2.45, 2.75) is 46.3 Å². The van der Waals surface area contributed by atoms with Crippen LogP contribution in [0, 0.1) is 0 Å². The average molecular weight is 504 g/mol. The Balaban J connectivity index is 0.00000392. The number of halogens is 1. The Labute approximate surface area is 187 Å². The summed E-state index contributed by atoms with van der Waals surface area (Å²) in [5.41, 5.74) is 1.10. The normalized spacial score (nSPS) is 16.7. The van der Waals surface area contributed by atoms with Gasteiger partial charge in [0, 0.05) is 31.8 Å². The molecule has 1 aromatic carbocycles. The molecule has 1 aromatic rings. The number of ether oxygens (including phenoxy) is 2. The monoisotopic (exact) mass is 504 g/mol. The van der Waals surface area contributed by atoms with Gasteiger partial charge >= 0.3 is 0 Å². The van der Waals surface area contributed by atoms with Gasteiger partial charge in [0.1, 0.15) is 12.4 Å². The van der Waals surface area contributed by atoms with Gasteiger partial charge in [0.2, 0.25) is 0 Å². The average Bonchev–Trinajstić information content (AvgIpc) is 3.22. The van der Waals surface area contributed by atoms with Gasteiger partial charge in [-0.05, 0) is 38.9 Å². The Bertz CT molecular complexity index is 561. The van der Waals surface area contributed by atoms with Crippen LogP contribution in [0.2, 0.25) is 0 Å². The van der Waals surface area contributed by atoms with Gasteiger partial charge < -0.3 is 25.0 Å². The SMILES string of the molecule is CCNC(=NCc1ccccc1OCCN(CC)CC)NCC1CCCO1.I. The molecule has 0 bridgehead atoms. The fourth-order valence-corrected chi connectivity index (χ4v) is 3.12. The van der Waals surface area contributed by atoms with E-state index in [-0.39, 0.29) is 24.0 Å². The minimum Gasteiger partial charge on any atom is -0.492 e. The highest BCUT2D eigenvalue weighted by molar-refractivity contribution is 14.0. The van der Waals surface area contributed by atoms with Gasteiger partial charge in [-0.1, -0.05) is 32.0 Å². The van der Waals surface area contributed by atoms with Crippen molar-refractivity contribution in [2.75, 3.05) is 45.9 Å². The second-order valence-corrected chi connectivity index (χ2v) is 6.69. The summed E-state index contributed by atoms with van der Waals surface area (Å²) >= 11 is 0. The predicted octanol–water partition coefficient (Wildman–Crippen LogP) is 3.26. The van der Waals surface area contributed by atoms with Gasteiger partial charge in [-0.3, -0.25) is 0 Å². The summed E-state index contributed by atoms with van der Waals surface area (Å²) in [6.07, 6.45) is 2.57. The number of benzene rings is 1. The molecule has 1 aliphatic rings. The maximum absolute atomic E-state index is 6.03. The first-order valence-corrected chi connectivity index (χ1v) is 10.3. The molecule has 1 atom stereocenters. The molecular weight excluding hydrogens is 467 g/mol. The summed E-state index contributed by atoms with van der Waals surface area (Å²) in [4.78, 5) is 7.09. The summed E-state index contributed by atoms with van der Waals surface area (Å²) in [5, 5.41) is 6.70. The zero-order valence-electron chi connectivity index (χ0n) is 17.6. The van der Waals surface area contributed by atoms with Crippen LogP contribution in [0.5, 0.6) is 5.75 Å². The standard InChI is InChI=1S/C21H36N4O2.HI/c1-4-22-21(24-17-19-11-9-14-26-19)23-16-18-10-7-8-12-20(18)27-15-13-25(5-2)6-3;/h7-8,10,12,19H,4-6,9,11,13-17H2,1-3H3,(H2,22,23,24);1H. The molecule has 0 aliphatic carbocycles. The van der Waals surface area contributed by atoms with Crippen molar-refractivity contribution in [1.82, 2.24) is 15.5 Å². The number of para-hydroxylation sites is 1. The van der Waals surface area contributed by atoms with Crippen LogP contribution >= 0.6 is 24.0 Å². The van der Waals surface area contributed by atoms with Crippen LogP contribution in [0.1, 0.15) is 39.2 Å². The van der Waals surface area contributed by atoms with E-state index in [4.69, 9.17) is 14.5 Å². The Morgan fingerprint density at radius 1 is 1.21 bits per heavy atom. The van der Waals surface area contributed by atoms with Gasteiger partial charge in [-0.2, -0.15) is 0 Å². The Kier molecular flexibility index (Phi) is 13.3. The molecule has 1 aliphatic heterocycles. The molecule has 0 saturated carbocycles. The lowest BCUT2D eigenvalue weighted by atomic mass is 10.2. The zero-order valence-corrected chi connectivity index (χ0v) is 19.9. The van der Waals surface area contributed by atoms with Crippen LogP contribution in [0.25, 0.3) is 0 Å². The third kappa shape index (κ3) is 8.96. The lowest BCUT2D eigenvalue weighted by Gasteiger charge is -2.19. The van der Waals surface area contributed by atoms with Crippen molar-refractivity contribution in [3.8, 4) is 5.75 Å². The van der Waals surface area contributed by atoms with E-state index in [0.717, 1.165) is 69.4 Å². The molecule has 28 heavy (non-hydrogen) atoms. The number of aliphatic imine (C=N–C) groups is 1. The predicted molar refractivity (Wildman–Crippen MR) is 127 cm³/mol. The number of nitrogens with zero attached hydrogens (tertiary/aromatic N) is 2. The van der Waals surface area contributed by atoms with Crippen molar-refractivity contribution in [1.29, 1.82) is 0 Å². The first kappa shape index (κ1) is 25.0. The van der Waals surface area contributed by atoms with E-state index in [9.17, 15) is 0 Å². The molecule has 160 valence electrons. The van der Waals surface area contributed by atoms with Gasteiger partial charge in [-0.25, -0.2) is 4.99 Å². The molecule has 2 N–H and O–H groups in total. The van der Waals surface area contributed by atoms with Crippen molar-refractivity contribution in [3.05, 3.63) is 29.8 Å². The number of nitrogens with one attached hydrogen (secondary N) is 2. The first-order valence-electron chi connectivity index (χ1n) is 10.3. The zero-order chi connectivity index (χ0) is 19.3. The molecule has 0 aromatic heterocycles. The van der Waals surface area contributed by atoms with Crippen LogP contribution in [0.3, 0.4) is 0 Å². The van der Waals surface area contributed by atoms with Gasteiger partial charge in [0.25, 0.3) is 0 Å². The maximum Gasteiger partial charge on any atom is 0.191 e. The van der Waals surface area contributed by atoms with Gasteiger partial charge in [0.05, 0.1) is 12.6 Å². The van der Waals surface area contributed by atoms with E-state index in [1.165, 1.54) is 0 Å². The van der Waals surface area contributed by atoms with Crippen LogP contribution in [-0.2, 0) is 11.3 Å². The number of rotatable bonds is 11. The first-order chi connectivity index (χ1) is 13.3. The van der Waals surface area contributed by atoms with Crippen molar-refractivity contribution in [3.63, 3.8) is 0 Å². The van der Waals surface area contributed by atoms with Crippen LogP contribution < -0.4 is 15.4 Å². The van der Waals surface area contributed by atoms with E-state index in [0.29, 0.717) is 19.3 Å². The van der Waals surface area contributed by atoms with Crippen molar-refractivity contribution in [2.24, 2.45) is 4.99 Å². The molecule has 0 spiro atoms. The van der Waals surface area contributed by atoms with Crippen LogP contribution in [0.4, 0.5) is 0 Å². The highest BCUT2D eigenvalue weighted by atomic mass is 127. The second kappa shape index (κ2) is 14.9. The highest BCUT2D eigenvalue weighted by Crippen LogP contribution is 2.19. The molecule has 6 nitrogen and oxygen atoms in total. The smallest absolute Gasteiger partial charge is 0.191 e. The molecule has 0 radical (unpaired) electrons.